The molecule has 0 bridgehead atoms. The Morgan fingerprint density at radius 1 is 1.33 bits per heavy atom. The third-order valence-corrected chi connectivity index (χ3v) is 2.82. The number of nitrogens with zero attached hydrogens (tertiary/aromatic N) is 1. The Morgan fingerprint density at radius 3 is 2.72 bits per heavy atom. The third-order valence-electron chi connectivity index (χ3n) is 2.82. The van der Waals surface area contributed by atoms with Gasteiger partial charge in [0.05, 0.1) is 12.7 Å². The van der Waals surface area contributed by atoms with Gasteiger partial charge in [-0.25, -0.2) is 0 Å². The van der Waals surface area contributed by atoms with Gasteiger partial charge in [0.25, 0.3) is 0 Å². The third kappa shape index (κ3) is 5.04. The van der Waals surface area contributed by atoms with Gasteiger partial charge in [0, 0.05) is 13.1 Å². The van der Waals surface area contributed by atoms with Crippen LogP contribution in [0, 0.1) is 0 Å². The van der Waals surface area contributed by atoms with Crippen molar-refractivity contribution in [3.63, 3.8) is 0 Å². The smallest absolute Gasteiger partial charge is 0.122 e. The van der Waals surface area contributed by atoms with Gasteiger partial charge in [0.1, 0.15) is 12.4 Å². The zero-order valence-electron chi connectivity index (χ0n) is 11.2. The molecule has 1 aromatic carbocycles. The van der Waals surface area contributed by atoms with Gasteiger partial charge >= 0.3 is 0 Å². The molecule has 0 aliphatic rings. The molecule has 2 N–H and O–H groups in total. The van der Waals surface area contributed by atoms with Crippen molar-refractivity contribution < 1.29 is 14.9 Å². The van der Waals surface area contributed by atoms with Crippen molar-refractivity contribution in [2.45, 2.75) is 19.4 Å². The Morgan fingerprint density at radius 2 is 2.06 bits per heavy atom. The molecule has 4 nitrogen and oxygen atoms in total. The van der Waals surface area contributed by atoms with Gasteiger partial charge in [0.2, 0.25) is 0 Å². The van der Waals surface area contributed by atoms with Crippen LogP contribution in [0.4, 0.5) is 0 Å². The number of aryl methyl sites for hydroxylation is 1. The summed E-state index contributed by atoms with van der Waals surface area (Å²) in [5, 5.41) is 18.0. The lowest BCUT2D eigenvalue weighted by molar-refractivity contribution is 0.0630. The number of likely N-dealkylation sites (N-methyl/N-ethyl adjacent to an activating group) is 1. The normalized spacial score (nSPS) is 12.7. The van der Waals surface area contributed by atoms with Crippen LogP contribution in [0.1, 0.15) is 12.5 Å². The van der Waals surface area contributed by atoms with E-state index in [-0.39, 0.29) is 6.61 Å². The highest BCUT2D eigenvalue weighted by atomic mass is 16.5. The molecule has 18 heavy (non-hydrogen) atoms. The lowest BCUT2D eigenvalue weighted by atomic mass is 10.1. The van der Waals surface area contributed by atoms with E-state index in [1.807, 2.05) is 30.1 Å². The molecule has 1 atom stereocenters. The summed E-state index contributed by atoms with van der Waals surface area (Å²) >= 11 is 0. The summed E-state index contributed by atoms with van der Waals surface area (Å²) in [7, 11) is 1.90. The molecule has 0 saturated carbocycles. The first-order chi connectivity index (χ1) is 8.67. The summed E-state index contributed by atoms with van der Waals surface area (Å²) in [6.07, 6.45) is 0.271. The Balaban J connectivity index is 2.32. The lowest BCUT2D eigenvalue weighted by Crippen LogP contribution is -2.34. The van der Waals surface area contributed by atoms with E-state index in [1.54, 1.807) is 0 Å². The van der Waals surface area contributed by atoms with Crippen molar-refractivity contribution in [3.05, 3.63) is 29.8 Å². The molecule has 0 aliphatic carbocycles. The Kier molecular flexibility index (Phi) is 6.72. The maximum atomic E-state index is 9.29. The Bertz CT molecular complexity index is 344. The van der Waals surface area contributed by atoms with Gasteiger partial charge in [-0.15, -0.1) is 0 Å². The molecule has 0 aromatic heterocycles. The summed E-state index contributed by atoms with van der Waals surface area (Å²) in [5.41, 5.74) is 1.20. The number of para-hydroxylation sites is 1. The van der Waals surface area contributed by atoms with Gasteiger partial charge in [-0.05, 0) is 25.1 Å². The van der Waals surface area contributed by atoms with Gasteiger partial charge in [-0.2, -0.15) is 0 Å². The van der Waals surface area contributed by atoms with Crippen molar-refractivity contribution in [1.82, 2.24) is 4.90 Å². The van der Waals surface area contributed by atoms with Crippen LogP contribution in [0.3, 0.4) is 0 Å². The Hall–Kier alpha value is -1.10. The van der Waals surface area contributed by atoms with Gasteiger partial charge in [-0.1, -0.05) is 25.1 Å². The molecule has 0 radical (unpaired) electrons. The first-order valence-corrected chi connectivity index (χ1v) is 6.35. The number of aliphatic hydroxyl groups is 2. The number of aliphatic hydroxyl groups excluding tert-OH is 2. The molecule has 0 heterocycles. The van der Waals surface area contributed by atoms with Gasteiger partial charge in [-0.3, -0.25) is 0 Å². The second kappa shape index (κ2) is 8.08. The molecule has 1 rings (SSSR count). The highest BCUT2D eigenvalue weighted by molar-refractivity contribution is 5.33. The quantitative estimate of drug-likeness (QED) is 0.723. The first kappa shape index (κ1) is 15.0. The second-order valence-electron chi connectivity index (χ2n) is 4.41. The van der Waals surface area contributed by atoms with Crippen LogP contribution in [0.15, 0.2) is 24.3 Å². The number of ether oxygens (including phenoxy) is 1. The largest absolute Gasteiger partial charge is 0.492 e. The predicted molar refractivity (Wildman–Crippen MR) is 71.9 cm³/mol. The van der Waals surface area contributed by atoms with Crippen LogP contribution < -0.4 is 4.74 Å². The second-order valence-corrected chi connectivity index (χ2v) is 4.41. The van der Waals surface area contributed by atoms with E-state index < -0.39 is 6.10 Å². The predicted octanol–water partition coefficient (Wildman–Crippen LogP) is 0.913. The average Bonchev–Trinajstić information content (AvgIpc) is 2.39. The zero-order valence-corrected chi connectivity index (χ0v) is 11.2. The standard InChI is InChI=1S/C14H23NO3/c1-3-12-6-4-5-7-14(12)18-9-8-15(2)10-13(17)11-16/h4-7,13,16-17H,3,8-11H2,1-2H3/t13-/m1/s1. The van der Waals surface area contributed by atoms with E-state index >= 15 is 0 Å². The van der Waals surface area contributed by atoms with Crippen LogP contribution in [0.2, 0.25) is 0 Å². The minimum absolute atomic E-state index is 0.204. The van der Waals surface area contributed by atoms with Crippen LogP contribution in [0.25, 0.3) is 0 Å². The maximum absolute atomic E-state index is 9.29. The minimum atomic E-state index is -0.682. The van der Waals surface area contributed by atoms with Crippen LogP contribution in [0.5, 0.6) is 5.75 Å². The summed E-state index contributed by atoms with van der Waals surface area (Å²) in [6, 6.07) is 8.01. The van der Waals surface area contributed by atoms with Gasteiger partial charge in [0.15, 0.2) is 0 Å². The summed E-state index contributed by atoms with van der Waals surface area (Å²) in [4.78, 5) is 1.94. The topological polar surface area (TPSA) is 52.9 Å². The molecule has 0 spiro atoms. The summed E-state index contributed by atoms with van der Waals surface area (Å²) < 4.78 is 5.73. The number of hydrogen-bond donors (Lipinski definition) is 2. The van der Waals surface area contributed by atoms with Crippen LogP contribution in [-0.2, 0) is 6.42 Å². The van der Waals surface area contributed by atoms with E-state index in [0.29, 0.717) is 13.2 Å². The molecule has 0 fully saturated rings. The molecule has 102 valence electrons. The highest BCUT2D eigenvalue weighted by Crippen LogP contribution is 2.17. The van der Waals surface area contributed by atoms with Gasteiger partial charge < -0.3 is 19.8 Å². The first-order valence-electron chi connectivity index (χ1n) is 6.35. The molecule has 0 amide bonds. The SMILES string of the molecule is CCc1ccccc1OCCN(C)C[C@@H](O)CO. The number of hydrogen-bond acceptors (Lipinski definition) is 4. The van der Waals surface area contributed by atoms with E-state index in [0.717, 1.165) is 18.7 Å². The monoisotopic (exact) mass is 253 g/mol. The highest BCUT2D eigenvalue weighted by Gasteiger charge is 2.07. The van der Waals surface area contributed by atoms with E-state index in [9.17, 15) is 5.11 Å². The molecule has 0 aliphatic heterocycles. The van der Waals surface area contributed by atoms with E-state index in [2.05, 4.69) is 13.0 Å². The van der Waals surface area contributed by atoms with Crippen molar-refractivity contribution >= 4 is 0 Å². The fourth-order valence-electron chi connectivity index (χ4n) is 1.76. The lowest BCUT2D eigenvalue weighted by Gasteiger charge is -2.19. The van der Waals surface area contributed by atoms with Crippen molar-refractivity contribution in [2.75, 3.05) is 33.4 Å². The fraction of sp³-hybridized carbons (Fsp3) is 0.571. The average molecular weight is 253 g/mol. The van der Waals surface area contributed by atoms with Crippen molar-refractivity contribution in [1.29, 1.82) is 0 Å². The van der Waals surface area contributed by atoms with Crippen molar-refractivity contribution in [2.24, 2.45) is 0 Å². The summed E-state index contributed by atoms with van der Waals surface area (Å²) in [6.45, 7) is 3.64. The van der Waals surface area contributed by atoms with Crippen LogP contribution >= 0.6 is 0 Å². The number of rotatable bonds is 8. The van der Waals surface area contributed by atoms with Crippen LogP contribution in [-0.4, -0.2) is 54.6 Å². The molecule has 0 saturated heterocycles. The molecular formula is C14H23NO3. The van der Waals surface area contributed by atoms with E-state index in [4.69, 9.17) is 9.84 Å². The Labute approximate surface area is 109 Å². The summed E-state index contributed by atoms with van der Waals surface area (Å²) in [5.74, 6) is 0.927. The van der Waals surface area contributed by atoms with Crippen molar-refractivity contribution in [3.8, 4) is 5.75 Å². The fourth-order valence-corrected chi connectivity index (χ4v) is 1.76. The minimum Gasteiger partial charge on any atom is -0.492 e. The van der Waals surface area contributed by atoms with E-state index in [1.165, 1.54) is 5.56 Å². The number of benzene rings is 1. The molecular weight excluding hydrogens is 230 g/mol. The molecule has 1 aromatic rings. The molecule has 0 unspecified atom stereocenters. The zero-order chi connectivity index (χ0) is 13.4. The maximum Gasteiger partial charge on any atom is 0.122 e. The molecule has 4 heteroatoms.